The zero-order valence-electron chi connectivity index (χ0n) is 7.76. The predicted molar refractivity (Wildman–Crippen MR) is 53.7 cm³/mol. The Labute approximate surface area is 91.5 Å². The topological polar surface area (TPSA) is 52.9 Å². The lowest BCUT2D eigenvalue weighted by Gasteiger charge is -2.04. The Morgan fingerprint density at radius 2 is 2.33 bits per heavy atom. The Hall–Kier alpha value is -1.60. The van der Waals surface area contributed by atoms with Crippen LogP contribution in [0.25, 0.3) is 0 Å². The van der Waals surface area contributed by atoms with Crippen molar-refractivity contribution in [2.75, 3.05) is 5.88 Å². The fourth-order valence-corrected chi connectivity index (χ4v) is 1.10. The van der Waals surface area contributed by atoms with E-state index in [1.54, 1.807) is 0 Å². The Morgan fingerprint density at radius 1 is 1.60 bits per heavy atom. The zero-order valence-corrected chi connectivity index (χ0v) is 8.51. The van der Waals surface area contributed by atoms with E-state index in [-0.39, 0.29) is 23.9 Å². The SMILES string of the molecule is N#Cc1ccc(CNC(=O)CCl)c(F)c1. The summed E-state index contributed by atoms with van der Waals surface area (Å²) in [4.78, 5) is 10.8. The molecule has 0 aliphatic heterocycles. The first-order valence-corrected chi connectivity index (χ1v) is 4.72. The van der Waals surface area contributed by atoms with Gasteiger partial charge in [0.15, 0.2) is 0 Å². The molecule has 5 heteroatoms. The number of carbonyl (C=O) groups is 1. The molecular formula is C10H8ClFN2O. The van der Waals surface area contributed by atoms with E-state index < -0.39 is 5.82 Å². The van der Waals surface area contributed by atoms with Gasteiger partial charge < -0.3 is 5.32 Å². The van der Waals surface area contributed by atoms with Gasteiger partial charge in [-0.05, 0) is 12.1 Å². The lowest BCUT2D eigenvalue weighted by molar-refractivity contribution is -0.118. The Balaban J connectivity index is 2.71. The molecule has 0 unspecified atom stereocenters. The van der Waals surface area contributed by atoms with Gasteiger partial charge in [0.25, 0.3) is 0 Å². The molecule has 0 saturated carbocycles. The van der Waals surface area contributed by atoms with E-state index in [0.29, 0.717) is 5.56 Å². The molecule has 0 fully saturated rings. The fourth-order valence-electron chi connectivity index (χ4n) is 1.00. The number of nitriles is 1. The van der Waals surface area contributed by atoms with Crippen LogP contribution in [0.5, 0.6) is 0 Å². The molecule has 0 atom stereocenters. The van der Waals surface area contributed by atoms with Crippen LogP contribution in [0.1, 0.15) is 11.1 Å². The van der Waals surface area contributed by atoms with Crippen LogP contribution in [0.3, 0.4) is 0 Å². The molecule has 0 heterocycles. The molecule has 1 aromatic carbocycles. The Bertz CT molecular complexity index is 414. The minimum absolute atomic E-state index is 0.0725. The third-order valence-corrected chi connectivity index (χ3v) is 2.02. The maximum Gasteiger partial charge on any atom is 0.235 e. The number of hydrogen-bond donors (Lipinski definition) is 1. The summed E-state index contributed by atoms with van der Waals surface area (Å²) in [7, 11) is 0. The smallest absolute Gasteiger partial charge is 0.235 e. The number of nitrogens with one attached hydrogen (secondary N) is 1. The van der Waals surface area contributed by atoms with E-state index >= 15 is 0 Å². The third-order valence-electron chi connectivity index (χ3n) is 1.78. The highest BCUT2D eigenvalue weighted by Gasteiger charge is 2.04. The normalized spacial score (nSPS) is 9.40. The van der Waals surface area contributed by atoms with Gasteiger partial charge in [0.05, 0.1) is 11.6 Å². The fraction of sp³-hybridized carbons (Fsp3) is 0.200. The number of rotatable bonds is 3. The Kier molecular flexibility index (Phi) is 4.07. The van der Waals surface area contributed by atoms with E-state index in [0.717, 1.165) is 6.07 Å². The van der Waals surface area contributed by atoms with Crippen LogP contribution in [-0.2, 0) is 11.3 Å². The maximum atomic E-state index is 13.3. The second-order valence-corrected chi connectivity index (χ2v) is 3.10. The lowest BCUT2D eigenvalue weighted by Crippen LogP contribution is -2.24. The van der Waals surface area contributed by atoms with Crippen LogP contribution >= 0.6 is 11.6 Å². The van der Waals surface area contributed by atoms with Gasteiger partial charge in [-0.1, -0.05) is 6.07 Å². The minimum atomic E-state index is -0.510. The highest BCUT2D eigenvalue weighted by atomic mass is 35.5. The number of hydrogen-bond acceptors (Lipinski definition) is 2. The van der Waals surface area contributed by atoms with E-state index in [4.69, 9.17) is 16.9 Å². The monoisotopic (exact) mass is 226 g/mol. The largest absolute Gasteiger partial charge is 0.351 e. The van der Waals surface area contributed by atoms with E-state index in [1.165, 1.54) is 12.1 Å². The van der Waals surface area contributed by atoms with Crippen LogP contribution < -0.4 is 5.32 Å². The van der Waals surface area contributed by atoms with Gasteiger partial charge in [-0.3, -0.25) is 4.79 Å². The molecular weight excluding hydrogens is 219 g/mol. The molecule has 1 N–H and O–H groups in total. The molecule has 1 rings (SSSR count). The van der Waals surface area contributed by atoms with Crippen molar-refractivity contribution in [1.82, 2.24) is 5.32 Å². The van der Waals surface area contributed by atoms with Crippen LogP contribution in [0.15, 0.2) is 18.2 Å². The number of carbonyl (C=O) groups excluding carboxylic acids is 1. The average Bonchev–Trinajstić information content (AvgIpc) is 2.26. The molecule has 15 heavy (non-hydrogen) atoms. The molecule has 1 aromatic rings. The highest BCUT2D eigenvalue weighted by molar-refractivity contribution is 6.27. The maximum absolute atomic E-state index is 13.3. The van der Waals surface area contributed by atoms with Crippen LogP contribution in [0.4, 0.5) is 4.39 Å². The van der Waals surface area contributed by atoms with Gasteiger partial charge in [-0.15, -0.1) is 11.6 Å². The summed E-state index contributed by atoms with van der Waals surface area (Å²) < 4.78 is 13.3. The van der Waals surface area contributed by atoms with Gasteiger partial charge in [0.1, 0.15) is 11.7 Å². The first-order valence-electron chi connectivity index (χ1n) is 4.18. The molecule has 0 spiro atoms. The van der Waals surface area contributed by atoms with Gasteiger partial charge in [-0.25, -0.2) is 4.39 Å². The summed E-state index contributed by atoms with van der Waals surface area (Å²) in [6.45, 7) is 0.0725. The summed E-state index contributed by atoms with van der Waals surface area (Å²) >= 11 is 5.26. The van der Waals surface area contributed by atoms with Gasteiger partial charge in [-0.2, -0.15) is 5.26 Å². The third kappa shape index (κ3) is 3.22. The summed E-state index contributed by atoms with van der Waals surface area (Å²) in [5.74, 6) is -1.03. The molecule has 0 aliphatic rings. The predicted octanol–water partition coefficient (Wildman–Crippen LogP) is 1.55. The summed E-state index contributed by atoms with van der Waals surface area (Å²) in [6, 6.07) is 5.90. The highest BCUT2D eigenvalue weighted by Crippen LogP contribution is 2.09. The molecule has 0 aliphatic carbocycles. The van der Waals surface area contributed by atoms with E-state index in [1.807, 2.05) is 6.07 Å². The summed E-state index contributed by atoms with van der Waals surface area (Å²) in [5.41, 5.74) is 0.576. The number of halogens is 2. The van der Waals surface area contributed by atoms with Crippen LogP contribution in [0.2, 0.25) is 0 Å². The van der Waals surface area contributed by atoms with Crippen molar-refractivity contribution in [2.24, 2.45) is 0 Å². The number of benzene rings is 1. The lowest BCUT2D eigenvalue weighted by atomic mass is 10.1. The molecule has 0 radical (unpaired) electrons. The van der Waals surface area contributed by atoms with Crippen LogP contribution in [-0.4, -0.2) is 11.8 Å². The standard InChI is InChI=1S/C10H8ClFN2O/c11-4-10(15)14-6-8-2-1-7(5-13)3-9(8)12/h1-3H,4,6H2,(H,14,15). The summed E-state index contributed by atoms with van der Waals surface area (Å²) in [5, 5.41) is 10.9. The van der Waals surface area contributed by atoms with Crippen molar-refractivity contribution >= 4 is 17.5 Å². The number of alkyl halides is 1. The quantitative estimate of drug-likeness (QED) is 0.796. The van der Waals surface area contributed by atoms with Crippen molar-refractivity contribution in [3.05, 3.63) is 35.1 Å². The van der Waals surface area contributed by atoms with Gasteiger partial charge in [0, 0.05) is 12.1 Å². The first kappa shape index (κ1) is 11.5. The van der Waals surface area contributed by atoms with Crippen molar-refractivity contribution in [2.45, 2.75) is 6.54 Å². The summed E-state index contributed by atoms with van der Waals surface area (Å²) in [6.07, 6.45) is 0. The molecule has 0 bridgehead atoms. The number of amides is 1. The van der Waals surface area contributed by atoms with Crippen LogP contribution in [0, 0.1) is 17.1 Å². The first-order chi connectivity index (χ1) is 7.17. The van der Waals surface area contributed by atoms with E-state index in [2.05, 4.69) is 5.32 Å². The van der Waals surface area contributed by atoms with Gasteiger partial charge in [0.2, 0.25) is 5.91 Å². The second kappa shape index (κ2) is 5.32. The van der Waals surface area contributed by atoms with E-state index in [9.17, 15) is 9.18 Å². The van der Waals surface area contributed by atoms with Crippen molar-refractivity contribution in [3.8, 4) is 6.07 Å². The van der Waals surface area contributed by atoms with Gasteiger partial charge >= 0.3 is 0 Å². The van der Waals surface area contributed by atoms with Crippen molar-refractivity contribution < 1.29 is 9.18 Å². The molecule has 1 amide bonds. The molecule has 0 aromatic heterocycles. The molecule has 0 saturated heterocycles. The average molecular weight is 227 g/mol. The number of nitrogens with zero attached hydrogens (tertiary/aromatic N) is 1. The van der Waals surface area contributed by atoms with Crippen molar-refractivity contribution in [3.63, 3.8) is 0 Å². The Morgan fingerprint density at radius 3 is 2.87 bits per heavy atom. The molecule has 3 nitrogen and oxygen atoms in total. The minimum Gasteiger partial charge on any atom is -0.351 e. The second-order valence-electron chi connectivity index (χ2n) is 2.83. The van der Waals surface area contributed by atoms with Crippen molar-refractivity contribution in [1.29, 1.82) is 5.26 Å². The molecule has 78 valence electrons. The zero-order chi connectivity index (χ0) is 11.3.